The minimum atomic E-state index is -3.01. The maximum absolute atomic E-state index is 12.8. The van der Waals surface area contributed by atoms with E-state index in [1.165, 1.54) is 0 Å². The van der Waals surface area contributed by atoms with Crippen LogP contribution in [0.25, 0.3) is 0 Å². The zero-order valence-corrected chi connectivity index (χ0v) is 14.8. The lowest BCUT2D eigenvalue weighted by atomic mass is 10.1. The van der Waals surface area contributed by atoms with E-state index in [2.05, 4.69) is 23.7 Å². The molecule has 0 aromatic carbocycles. The van der Waals surface area contributed by atoms with Gasteiger partial charge in [-0.2, -0.15) is 0 Å². The van der Waals surface area contributed by atoms with Crippen molar-refractivity contribution in [1.29, 1.82) is 0 Å². The molecule has 128 valence electrons. The smallest absolute Gasteiger partial charge is 0.255 e. The number of aromatic nitrogens is 1. The Balaban J connectivity index is 2.23. The molecule has 2 heterocycles. The summed E-state index contributed by atoms with van der Waals surface area (Å²) in [6, 6.07) is 1.61. The number of carbonyl (C=O) groups excluding carboxylic acids is 1. The number of pyridine rings is 1. The van der Waals surface area contributed by atoms with E-state index in [0.717, 1.165) is 18.8 Å². The fourth-order valence-corrected chi connectivity index (χ4v) is 4.79. The number of anilines is 1. The summed E-state index contributed by atoms with van der Waals surface area (Å²) in [7, 11) is -3.01. The largest absolute Gasteiger partial charge is 0.371 e. The van der Waals surface area contributed by atoms with Crippen LogP contribution in [-0.2, 0) is 9.84 Å². The van der Waals surface area contributed by atoms with E-state index in [1.807, 2.05) is 13.0 Å². The van der Waals surface area contributed by atoms with Crippen molar-refractivity contribution in [2.24, 2.45) is 0 Å². The van der Waals surface area contributed by atoms with Crippen molar-refractivity contribution in [3.63, 3.8) is 0 Å². The molecule has 1 saturated heterocycles. The van der Waals surface area contributed by atoms with Crippen LogP contribution < -0.4 is 4.90 Å². The highest BCUT2D eigenvalue weighted by molar-refractivity contribution is 7.91. The Labute approximate surface area is 138 Å². The summed E-state index contributed by atoms with van der Waals surface area (Å²) in [4.78, 5) is 20.8. The number of hydrogen-bond acceptors (Lipinski definition) is 5. The van der Waals surface area contributed by atoms with Crippen molar-refractivity contribution in [2.45, 2.75) is 33.2 Å². The normalized spacial score (nSPS) is 19.5. The first kappa shape index (κ1) is 17.7. The first-order chi connectivity index (χ1) is 10.9. The topological polar surface area (TPSA) is 70.6 Å². The van der Waals surface area contributed by atoms with Crippen LogP contribution >= 0.6 is 0 Å². The molecule has 1 unspecified atom stereocenters. The van der Waals surface area contributed by atoms with Gasteiger partial charge in [0.05, 0.1) is 29.0 Å². The monoisotopic (exact) mass is 339 g/mol. The molecule has 6 nitrogen and oxygen atoms in total. The molecule has 1 aliphatic rings. The fraction of sp³-hybridized carbons (Fsp3) is 0.625. The van der Waals surface area contributed by atoms with Crippen LogP contribution in [0.15, 0.2) is 18.5 Å². The molecule has 0 saturated carbocycles. The van der Waals surface area contributed by atoms with E-state index in [1.54, 1.807) is 17.3 Å². The third-order valence-electron chi connectivity index (χ3n) is 4.35. The van der Waals surface area contributed by atoms with Crippen LogP contribution in [0, 0.1) is 0 Å². The number of amides is 1. The van der Waals surface area contributed by atoms with Gasteiger partial charge in [0.2, 0.25) is 0 Å². The summed E-state index contributed by atoms with van der Waals surface area (Å²) in [5.74, 6) is 0.0886. The molecular weight excluding hydrogens is 314 g/mol. The molecule has 1 fully saturated rings. The highest BCUT2D eigenvalue weighted by Gasteiger charge is 2.34. The third-order valence-corrected chi connectivity index (χ3v) is 6.10. The lowest BCUT2D eigenvalue weighted by Crippen LogP contribution is -2.41. The summed E-state index contributed by atoms with van der Waals surface area (Å²) < 4.78 is 23.4. The molecule has 1 aliphatic heterocycles. The van der Waals surface area contributed by atoms with Gasteiger partial charge >= 0.3 is 0 Å². The van der Waals surface area contributed by atoms with E-state index in [4.69, 9.17) is 0 Å². The molecule has 0 aliphatic carbocycles. The molecule has 1 aromatic rings. The third kappa shape index (κ3) is 4.02. The Morgan fingerprint density at radius 2 is 1.91 bits per heavy atom. The lowest BCUT2D eigenvalue weighted by molar-refractivity contribution is 0.0708. The minimum absolute atomic E-state index is 0.0652. The van der Waals surface area contributed by atoms with Crippen LogP contribution in [0.1, 0.15) is 37.6 Å². The van der Waals surface area contributed by atoms with Crippen molar-refractivity contribution in [1.82, 2.24) is 9.88 Å². The first-order valence-corrected chi connectivity index (χ1v) is 9.95. The number of rotatable bonds is 6. The minimum Gasteiger partial charge on any atom is -0.371 e. The zero-order chi connectivity index (χ0) is 17.0. The fourth-order valence-electron chi connectivity index (χ4n) is 3.06. The number of hydrogen-bond donors (Lipinski definition) is 0. The van der Waals surface area contributed by atoms with Crippen molar-refractivity contribution in [3.8, 4) is 0 Å². The molecular formula is C16H25N3O3S. The van der Waals surface area contributed by atoms with Gasteiger partial charge in [0.1, 0.15) is 0 Å². The predicted octanol–water partition coefficient (Wildman–Crippen LogP) is 1.58. The quantitative estimate of drug-likeness (QED) is 0.787. The highest BCUT2D eigenvalue weighted by atomic mass is 32.2. The Bertz CT molecular complexity index is 656. The molecule has 0 spiro atoms. The second kappa shape index (κ2) is 7.29. The molecule has 0 radical (unpaired) electrons. The van der Waals surface area contributed by atoms with Crippen LogP contribution in [-0.4, -0.2) is 61.4 Å². The van der Waals surface area contributed by atoms with Gasteiger partial charge in [0, 0.05) is 31.9 Å². The average Bonchev–Trinajstić information content (AvgIpc) is 2.89. The summed E-state index contributed by atoms with van der Waals surface area (Å²) in [5.41, 5.74) is 1.43. The van der Waals surface area contributed by atoms with Gasteiger partial charge in [-0.15, -0.1) is 0 Å². The Morgan fingerprint density at radius 3 is 2.43 bits per heavy atom. The van der Waals surface area contributed by atoms with E-state index in [0.29, 0.717) is 18.5 Å². The molecule has 0 bridgehead atoms. The average molecular weight is 339 g/mol. The standard InChI is InChI=1S/C16H25N3O3S/c1-4-18(5-2)15-9-13(10-17-11-15)16(20)19(6-3)14-7-8-23(21,22)12-14/h9-11,14H,4-8,12H2,1-3H3. The molecule has 1 amide bonds. The van der Waals surface area contributed by atoms with E-state index < -0.39 is 9.84 Å². The maximum Gasteiger partial charge on any atom is 0.255 e. The Hall–Kier alpha value is -1.63. The first-order valence-electron chi connectivity index (χ1n) is 8.13. The van der Waals surface area contributed by atoms with E-state index >= 15 is 0 Å². The van der Waals surface area contributed by atoms with Gasteiger partial charge in [-0.25, -0.2) is 8.42 Å². The number of sulfone groups is 1. The van der Waals surface area contributed by atoms with Crippen molar-refractivity contribution in [2.75, 3.05) is 36.0 Å². The molecule has 0 N–H and O–H groups in total. The van der Waals surface area contributed by atoms with Crippen molar-refractivity contribution >= 4 is 21.4 Å². The second-order valence-electron chi connectivity index (χ2n) is 5.75. The number of carbonyl (C=O) groups is 1. The second-order valence-corrected chi connectivity index (χ2v) is 7.98. The van der Waals surface area contributed by atoms with Gasteiger partial charge < -0.3 is 9.80 Å². The van der Waals surface area contributed by atoms with Gasteiger partial charge in [0.15, 0.2) is 9.84 Å². The molecule has 23 heavy (non-hydrogen) atoms. The van der Waals surface area contributed by atoms with Crippen LogP contribution in [0.2, 0.25) is 0 Å². The van der Waals surface area contributed by atoms with Crippen LogP contribution in [0.5, 0.6) is 0 Å². The molecule has 1 atom stereocenters. The number of nitrogens with zero attached hydrogens (tertiary/aromatic N) is 3. The SMILES string of the molecule is CCN(CC)c1cncc(C(=O)N(CC)C2CCS(=O)(=O)C2)c1. The summed E-state index contributed by atoms with van der Waals surface area (Å²) in [6.45, 7) is 8.17. The molecule has 1 aromatic heterocycles. The highest BCUT2D eigenvalue weighted by Crippen LogP contribution is 2.21. The molecule has 7 heteroatoms. The zero-order valence-electron chi connectivity index (χ0n) is 14.0. The van der Waals surface area contributed by atoms with Crippen molar-refractivity contribution < 1.29 is 13.2 Å². The van der Waals surface area contributed by atoms with Gasteiger partial charge in [-0.1, -0.05) is 0 Å². The van der Waals surface area contributed by atoms with Crippen LogP contribution in [0.3, 0.4) is 0 Å². The lowest BCUT2D eigenvalue weighted by Gasteiger charge is -2.27. The maximum atomic E-state index is 12.8. The summed E-state index contributed by atoms with van der Waals surface area (Å²) in [5, 5.41) is 0. The van der Waals surface area contributed by atoms with Crippen molar-refractivity contribution in [3.05, 3.63) is 24.0 Å². The van der Waals surface area contributed by atoms with Gasteiger partial charge in [-0.3, -0.25) is 9.78 Å². The van der Waals surface area contributed by atoms with E-state index in [-0.39, 0.29) is 23.5 Å². The predicted molar refractivity (Wildman–Crippen MR) is 91.6 cm³/mol. The Morgan fingerprint density at radius 1 is 1.22 bits per heavy atom. The Kier molecular flexibility index (Phi) is 5.62. The molecule has 2 rings (SSSR count). The van der Waals surface area contributed by atoms with Gasteiger partial charge in [-0.05, 0) is 33.3 Å². The summed E-state index contributed by atoms with van der Waals surface area (Å²) in [6.07, 6.45) is 3.83. The van der Waals surface area contributed by atoms with Crippen LogP contribution in [0.4, 0.5) is 5.69 Å². The van der Waals surface area contributed by atoms with Gasteiger partial charge in [0.25, 0.3) is 5.91 Å². The summed E-state index contributed by atoms with van der Waals surface area (Å²) >= 11 is 0. The van der Waals surface area contributed by atoms with E-state index in [9.17, 15) is 13.2 Å².